The van der Waals surface area contributed by atoms with Crippen LogP contribution in [0.4, 0.5) is 0 Å². The Balaban J connectivity index is 1.51. The highest BCUT2D eigenvalue weighted by molar-refractivity contribution is 5.92. The Morgan fingerprint density at radius 2 is 2.06 bits per heavy atom. The largest absolute Gasteiger partial charge is 0.496 e. The molecule has 1 aromatic carbocycles. The van der Waals surface area contributed by atoms with Crippen LogP contribution in [-0.4, -0.2) is 42.9 Å². The zero-order chi connectivity index (χ0) is 25.5. The van der Waals surface area contributed by atoms with Gasteiger partial charge in [-0.15, -0.1) is 0 Å². The van der Waals surface area contributed by atoms with Gasteiger partial charge in [-0.1, -0.05) is 24.3 Å². The van der Waals surface area contributed by atoms with Gasteiger partial charge in [-0.2, -0.15) is 0 Å². The fourth-order valence-corrected chi connectivity index (χ4v) is 5.37. The van der Waals surface area contributed by atoms with E-state index in [1.807, 2.05) is 30.3 Å². The fourth-order valence-electron chi connectivity index (χ4n) is 5.37. The van der Waals surface area contributed by atoms with Gasteiger partial charge in [-0.25, -0.2) is 0 Å². The summed E-state index contributed by atoms with van der Waals surface area (Å²) in [4.78, 5) is 41.5. The molecule has 2 aliphatic rings. The van der Waals surface area contributed by atoms with E-state index in [1.165, 1.54) is 0 Å². The van der Waals surface area contributed by atoms with Crippen LogP contribution >= 0.6 is 0 Å². The van der Waals surface area contributed by atoms with Gasteiger partial charge < -0.3 is 24.1 Å². The lowest BCUT2D eigenvalue weighted by Crippen LogP contribution is -2.54. The molecule has 1 aromatic heterocycles. The number of nitrogens with zero attached hydrogens (tertiary/aromatic N) is 1. The number of amides is 2. The zero-order valence-corrected chi connectivity index (χ0v) is 21.0. The Morgan fingerprint density at radius 1 is 1.22 bits per heavy atom. The molecular formula is C28H34N2O6. The minimum atomic E-state index is -0.933. The predicted octanol–water partition coefficient (Wildman–Crippen LogP) is 4.00. The number of methoxy groups -OCH3 is 1. The molecule has 192 valence electrons. The number of hydrogen-bond donors (Lipinski definition) is 1. The fraction of sp³-hybridized carbons (Fsp3) is 0.464. The molecule has 2 amide bonds. The number of ether oxygens (including phenoxy) is 2. The summed E-state index contributed by atoms with van der Waals surface area (Å²) in [6, 6.07) is 11.2. The summed E-state index contributed by atoms with van der Waals surface area (Å²) in [5, 5.41) is 2.94. The van der Waals surface area contributed by atoms with Crippen LogP contribution in [0.1, 0.15) is 50.4 Å². The number of rotatable bonds is 10. The molecule has 2 atom stereocenters. The topological polar surface area (TPSA) is 98.1 Å². The maximum absolute atomic E-state index is 13.6. The van der Waals surface area contributed by atoms with Crippen LogP contribution in [0.25, 0.3) is 0 Å². The first-order valence-electron chi connectivity index (χ1n) is 12.6. The molecule has 1 saturated heterocycles. The van der Waals surface area contributed by atoms with E-state index in [9.17, 15) is 14.4 Å². The second kappa shape index (κ2) is 11.5. The van der Waals surface area contributed by atoms with E-state index >= 15 is 0 Å². The molecule has 1 aliphatic heterocycles. The lowest BCUT2D eigenvalue weighted by molar-refractivity contribution is -0.162. The van der Waals surface area contributed by atoms with Crippen LogP contribution in [0.5, 0.6) is 5.75 Å². The Kier molecular flexibility index (Phi) is 8.13. The number of likely N-dealkylation sites (tertiary alicyclic amines) is 1. The van der Waals surface area contributed by atoms with Gasteiger partial charge in [0.25, 0.3) is 0 Å². The van der Waals surface area contributed by atoms with Gasteiger partial charge in [0.05, 0.1) is 26.5 Å². The van der Waals surface area contributed by atoms with Gasteiger partial charge in [-0.3, -0.25) is 14.4 Å². The molecule has 8 nitrogen and oxygen atoms in total. The molecule has 1 aliphatic carbocycles. The van der Waals surface area contributed by atoms with Gasteiger partial charge in [-0.05, 0) is 62.8 Å². The quantitative estimate of drug-likeness (QED) is 0.502. The number of piperidine rings is 1. The van der Waals surface area contributed by atoms with Crippen molar-refractivity contribution in [2.24, 2.45) is 11.3 Å². The number of carbonyl (C=O) groups is 3. The SMILES string of the molecule is CCOC(=O)[C@]12CCCC=C1N(Cc1ccco1)C(=O)[C@H](CC(=O)NCCc1ccccc1OC)C2. The first-order valence-corrected chi connectivity index (χ1v) is 12.6. The monoisotopic (exact) mass is 494 g/mol. The summed E-state index contributed by atoms with van der Waals surface area (Å²) in [5.74, 6) is 0.0495. The lowest BCUT2D eigenvalue weighted by atomic mass is 9.66. The van der Waals surface area contributed by atoms with Crippen LogP contribution in [0.15, 0.2) is 58.9 Å². The molecule has 0 saturated carbocycles. The Hall–Kier alpha value is -3.55. The maximum atomic E-state index is 13.6. The highest BCUT2D eigenvalue weighted by atomic mass is 16.5. The van der Waals surface area contributed by atoms with Crippen molar-refractivity contribution in [3.8, 4) is 5.75 Å². The molecule has 0 radical (unpaired) electrons. The molecule has 0 spiro atoms. The number of allylic oxidation sites excluding steroid dienone is 1. The van der Waals surface area contributed by atoms with Crippen molar-refractivity contribution < 1.29 is 28.3 Å². The molecule has 8 heteroatoms. The third-order valence-corrected chi connectivity index (χ3v) is 7.04. The smallest absolute Gasteiger partial charge is 0.318 e. The Labute approximate surface area is 211 Å². The normalized spacial score (nSPS) is 21.4. The van der Waals surface area contributed by atoms with Gasteiger partial charge >= 0.3 is 5.97 Å². The summed E-state index contributed by atoms with van der Waals surface area (Å²) >= 11 is 0. The van der Waals surface area contributed by atoms with Gasteiger partial charge in [0, 0.05) is 24.6 Å². The standard InChI is InChI=1S/C28H34N2O6/c1-3-35-27(33)28-14-7-6-12-24(28)30(19-22-10-8-16-36-22)26(32)21(18-28)17-25(31)29-15-13-20-9-4-5-11-23(20)34-2/h4-5,8-12,16,21H,3,6-7,13-15,17-19H2,1-2H3,(H,29,31)/t21-,28+/m1/s1. The maximum Gasteiger partial charge on any atom is 0.318 e. The molecule has 2 aromatic rings. The van der Waals surface area contributed by atoms with Crippen molar-refractivity contribution >= 4 is 17.8 Å². The average Bonchev–Trinajstić information content (AvgIpc) is 3.40. The van der Waals surface area contributed by atoms with Crippen molar-refractivity contribution in [1.29, 1.82) is 0 Å². The Bertz CT molecular complexity index is 1110. The number of furan rings is 1. The first kappa shape index (κ1) is 25.5. The highest BCUT2D eigenvalue weighted by Gasteiger charge is 2.54. The number of nitrogens with one attached hydrogen (secondary N) is 1. The predicted molar refractivity (Wildman–Crippen MR) is 133 cm³/mol. The van der Waals surface area contributed by atoms with E-state index in [2.05, 4.69) is 5.32 Å². The van der Waals surface area contributed by atoms with E-state index in [0.29, 0.717) is 30.8 Å². The molecule has 0 unspecified atom stereocenters. The van der Waals surface area contributed by atoms with E-state index < -0.39 is 11.3 Å². The molecule has 36 heavy (non-hydrogen) atoms. The van der Waals surface area contributed by atoms with Gasteiger partial charge in [0.2, 0.25) is 11.8 Å². The summed E-state index contributed by atoms with van der Waals surface area (Å²) in [6.45, 7) is 2.67. The summed E-state index contributed by atoms with van der Waals surface area (Å²) in [5.41, 5.74) is 0.746. The molecule has 1 N–H and O–H groups in total. The third kappa shape index (κ3) is 5.32. The van der Waals surface area contributed by atoms with Gasteiger partial charge in [0.15, 0.2) is 0 Å². The number of para-hydroxylation sites is 1. The van der Waals surface area contributed by atoms with E-state index in [-0.39, 0.29) is 43.8 Å². The lowest BCUT2D eigenvalue weighted by Gasteiger charge is -2.47. The second-order valence-corrected chi connectivity index (χ2v) is 9.30. The molecule has 0 bridgehead atoms. The van der Waals surface area contributed by atoms with Crippen molar-refractivity contribution in [2.75, 3.05) is 20.3 Å². The van der Waals surface area contributed by atoms with Crippen molar-refractivity contribution in [3.05, 3.63) is 65.8 Å². The molecule has 4 rings (SSSR count). The second-order valence-electron chi connectivity index (χ2n) is 9.30. The van der Waals surface area contributed by atoms with Crippen LogP contribution in [0.2, 0.25) is 0 Å². The molecule has 1 fully saturated rings. The number of hydrogen-bond acceptors (Lipinski definition) is 6. The summed E-state index contributed by atoms with van der Waals surface area (Å²) in [6.07, 6.45) is 6.62. The van der Waals surface area contributed by atoms with Crippen LogP contribution in [0.3, 0.4) is 0 Å². The minimum absolute atomic E-state index is 0.00779. The van der Waals surface area contributed by atoms with E-state index in [4.69, 9.17) is 13.9 Å². The number of benzene rings is 1. The molecular weight excluding hydrogens is 460 g/mol. The molecule has 2 heterocycles. The summed E-state index contributed by atoms with van der Waals surface area (Å²) < 4.78 is 16.4. The average molecular weight is 495 g/mol. The van der Waals surface area contributed by atoms with Crippen LogP contribution in [-0.2, 0) is 32.1 Å². The Morgan fingerprint density at radius 3 is 2.81 bits per heavy atom. The van der Waals surface area contributed by atoms with E-state index in [1.54, 1.807) is 37.3 Å². The first-order chi connectivity index (χ1) is 17.5. The van der Waals surface area contributed by atoms with Crippen molar-refractivity contribution in [3.63, 3.8) is 0 Å². The van der Waals surface area contributed by atoms with E-state index in [0.717, 1.165) is 24.2 Å². The third-order valence-electron chi connectivity index (χ3n) is 7.04. The number of carbonyl (C=O) groups excluding carboxylic acids is 3. The van der Waals surface area contributed by atoms with Crippen molar-refractivity contribution in [1.82, 2.24) is 10.2 Å². The van der Waals surface area contributed by atoms with Crippen LogP contribution in [0, 0.1) is 11.3 Å². The number of fused-ring (bicyclic) bond motifs is 1. The highest BCUT2D eigenvalue weighted by Crippen LogP contribution is 2.50. The zero-order valence-electron chi connectivity index (χ0n) is 21.0. The summed E-state index contributed by atoms with van der Waals surface area (Å²) in [7, 11) is 1.62. The number of esters is 1. The van der Waals surface area contributed by atoms with Crippen LogP contribution < -0.4 is 10.1 Å². The van der Waals surface area contributed by atoms with Gasteiger partial charge in [0.1, 0.15) is 16.9 Å². The van der Waals surface area contributed by atoms with Crippen molar-refractivity contribution in [2.45, 2.75) is 52.0 Å². The minimum Gasteiger partial charge on any atom is -0.496 e.